The third kappa shape index (κ3) is 5.36. The maximum absolute atomic E-state index is 3.46. The minimum atomic E-state index is 0.962. The van der Waals surface area contributed by atoms with Crippen molar-refractivity contribution in [3.8, 4) is 0 Å². The summed E-state index contributed by atoms with van der Waals surface area (Å²) in [6.45, 7) is 12.1. The van der Waals surface area contributed by atoms with Gasteiger partial charge in [0.2, 0.25) is 0 Å². The number of rotatable bonds is 3. The van der Waals surface area contributed by atoms with Gasteiger partial charge in [-0.25, -0.2) is 0 Å². The van der Waals surface area contributed by atoms with E-state index in [1.165, 1.54) is 45.2 Å². The second kappa shape index (κ2) is 8.30. The molecule has 1 saturated carbocycles. The molecule has 1 aliphatic heterocycles. The minimum Gasteiger partial charge on any atom is -0.300 e. The van der Waals surface area contributed by atoms with Crippen LogP contribution in [0.5, 0.6) is 0 Å². The number of hydrogen-bond donors (Lipinski definition) is 0. The number of hydrogen-bond acceptors (Lipinski definition) is 1. The summed E-state index contributed by atoms with van der Waals surface area (Å²) in [7, 11) is 0. The Balaban J connectivity index is 0.000000209. The molecule has 0 amide bonds. The summed E-state index contributed by atoms with van der Waals surface area (Å²) in [5, 5.41) is 0. The summed E-state index contributed by atoms with van der Waals surface area (Å²) in [5.74, 6) is 0.962. The highest BCUT2D eigenvalue weighted by Gasteiger charge is 2.27. The fourth-order valence-electron chi connectivity index (χ4n) is 2.47. The molecule has 2 rings (SSSR count). The zero-order valence-corrected chi connectivity index (χ0v) is 11.3. The van der Waals surface area contributed by atoms with Gasteiger partial charge in [0.1, 0.15) is 0 Å². The average molecular weight is 233 g/mol. The fourth-order valence-corrected chi connectivity index (χ4v) is 2.47. The number of allylic oxidation sites excluding steroid dienone is 4. The Morgan fingerprint density at radius 2 is 1.65 bits per heavy atom. The minimum absolute atomic E-state index is 0.962. The molecule has 2 aliphatic rings. The van der Waals surface area contributed by atoms with Crippen molar-refractivity contribution in [2.24, 2.45) is 5.92 Å². The second-order valence-corrected chi connectivity index (χ2v) is 5.18. The SMILES string of the molecule is C=C/C=C\C=C.CC1CCCN(C2CCC2)C1. The van der Waals surface area contributed by atoms with Gasteiger partial charge in [-0.2, -0.15) is 0 Å². The van der Waals surface area contributed by atoms with E-state index in [0.29, 0.717) is 0 Å². The van der Waals surface area contributed by atoms with Crippen LogP contribution in [0.4, 0.5) is 0 Å². The summed E-state index contributed by atoms with van der Waals surface area (Å²) in [6, 6.07) is 0.984. The summed E-state index contributed by atoms with van der Waals surface area (Å²) in [4.78, 5) is 2.72. The first-order chi connectivity index (χ1) is 8.27. The molecule has 2 fully saturated rings. The van der Waals surface area contributed by atoms with Gasteiger partial charge in [-0.15, -0.1) is 0 Å². The van der Waals surface area contributed by atoms with Crippen LogP contribution in [0.25, 0.3) is 0 Å². The van der Waals surface area contributed by atoms with Crippen molar-refractivity contribution in [2.75, 3.05) is 13.1 Å². The number of likely N-dealkylation sites (tertiary alicyclic amines) is 1. The number of piperidine rings is 1. The molecular formula is C16H27N. The Hall–Kier alpha value is -0.820. The fraction of sp³-hybridized carbons (Fsp3) is 0.625. The largest absolute Gasteiger partial charge is 0.300 e. The smallest absolute Gasteiger partial charge is 0.00953 e. The Labute approximate surface area is 107 Å². The van der Waals surface area contributed by atoms with Gasteiger partial charge in [0.05, 0.1) is 0 Å². The molecule has 0 aromatic rings. The number of nitrogens with zero attached hydrogens (tertiary/aromatic N) is 1. The van der Waals surface area contributed by atoms with Crippen LogP contribution in [0.1, 0.15) is 39.0 Å². The van der Waals surface area contributed by atoms with Crippen LogP contribution in [0.15, 0.2) is 37.5 Å². The lowest BCUT2D eigenvalue weighted by Crippen LogP contribution is -2.45. The molecule has 0 aromatic heterocycles. The van der Waals surface area contributed by atoms with Gasteiger partial charge in [-0.1, -0.05) is 50.8 Å². The monoisotopic (exact) mass is 233 g/mol. The Kier molecular flexibility index (Phi) is 6.95. The van der Waals surface area contributed by atoms with E-state index in [0.717, 1.165) is 12.0 Å². The van der Waals surface area contributed by atoms with Gasteiger partial charge < -0.3 is 4.90 Å². The molecule has 0 aromatic carbocycles. The first-order valence-corrected chi connectivity index (χ1v) is 6.92. The predicted molar refractivity (Wildman–Crippen MR) is 77.1 cm³/mol. The van der Waals surface area contributed by atoms with Crippen LogP contribution in [0.3, 0.4) is 0 Å². The summed E-state index contributed by atoms with van der Waals surface area (Å²) in [6.07, 6.45) is 14.4. The van der Waals surface area contributed by atoms with Crippen LogP contribution < -0.4 is 0 Å². The molecule has 0 bridgehead atoms. The van der Waals surface area contributed by atoms with Gasteiger partial charge >= 0.3 is 0 Å². The Bertz CT molecular complexity index is 240. The molecule has 0 N–H and O–H groups in total. The van der Waals surface area contributed by atoms with E-state index in [2.05, 4.69) is 25.0 Å². The molecular weight excluding hydrogens is 206 g/mol. The van der Waals surface area contributed by atoms with Gasteiger partial charge in [0.25, 0.3) is 0 Å². The normalized spacial score (nSPS) is 25.8. The molecule has 1 heteroatoms. The molecule has 1 saturated heterocycles. The van der Waals surface area contributed by atoms with Crippen molar-refractivity contribution < 1.29 is 0 Å². The van der Waals surface area contributed by atoms with Gasteiger partial charge in [0.15, 0.2) is 0 Å². The van der Waals surface area contributed by atoms with Crippen LogP contribution in [-0.2, 0) is 0 Å². The van der Waals surface area contributed by atoms with Crippen LogP contribution in [0.2, 0.25) is 0 Å². The Morgan fingerprint density at radius 1 is 1.00 bits per heavy atom. The van der Waals surface area contributed by atoms with Crippen molar-refractivity contribution in [3.63, 3.8) is 0 Å². The third-order valence-corrected chi connectivity index (χ3v) is 3.66. The summed E-state index contributed by atoms with van der Waals surface area (Å²) < 4.78 is 0. The quantitative estimate of drug-likeness (QED) is 0.661. The first-order valence-electron chi connectivity index (χ1n) is 6.92. The molecule has 1 unspecified atom stereocenters. The zero-order valence-electron chi connectivity index (χ0n) is 11.3. The molecule has 1 atom stereocenters. The average Bonchev–Trinajstić information content (AvgIpc) is 2.25. The molecule has 0 spiro atoms. The van der Waals surface area contributed by atoms with E-state index in [1.54, 1.807) is 12.2 Å². The van der Waals surface area contributed by atoms with E-state index in [-0.39, 0.29) is 0 Å². The van der Waals surface area contributed by atoms with E-state index in [4.69, 9.17) is 0 Å². The molecule has 1 aliphatic carbocycles. The van der Waals surface area contributed by atoms with Crippen molar-refractivity contribution in [3.05, 3.63) is 37.5 Å². The lowest BCUT2D eigenvalue weighted by Gasteiger charge is -2.41. The highest BCUT2D eigenvalue weighted by atomic mass is 15.2. The van der Waals surface area contributed by atoms with Crippen LogP contribution >= 0.6 is 0 Å². The van der Waals surface area contributed by atoms with Crippen molar-refractivity contribution >= 4 is 0 Å². The Morgan fingerprint density at radius 3 is 2.06 bits per heavy atom. The zero-order chi connectivity index (χ0) is 12.5. The van der Waals surface area contributed by atoms with Crippen molar-refractivity contribution in [1.29, 1.82) is 0 Å². The van der Waals surface area contributed by atoms with E-state index >= 15 is 0 Å². The summed E-state index contributed by atoms with van der Waals surface area (Å²) >= 11 is 0. The molecule has 17 heavy (non-hydrogen) atoms. The molecule has 1 heterocycles. The van der Waals surface area contributed by atoms with E-state index in [9.17, 15) is 0 Å². The molecule has 1 nitrogen and oxygen atoms in total. The van der Waals surface area contributed by atoms with Crippen LogP contribution in [0, 0.1) is 5.92 Å². The van der Waals surface area contributed by atoms with Crippen LogP contribution in [-0.4, -0.2) is 24.0 Å². The van der Waals surface area contributed by atoms with Crippen molar-refractivity contribution in [2.45, 2.75) is 45.1 Å². The maximum Gasteiger partial charge on any atom is 0.00953 e. The first kappa shape index (κ1) is 14.2. The second-order valence-electron chi connectivity index (χ2n) is 5.18. The summed E-state index contributed by atoms with van der Waals surface area (Å²) in [5.41, 5.74) is 0. The highest BCUT2D eigenvalue weighted by Crippen LogP contribution is 2.28. The van der Waals surface area contributed by atoms with E-state index in [1.807, 2.05) is 12.2 Å². The van der Waals surface area contributed by atoms with Gasteiger partial charge in [-0.3, -0.25) is 0 Å². The molecule has 96 valence electrons. The standard InChI is InChI=1S/C10H19N.C6H8/c1-9-4-3-7-11(8-9)10-5-2-6-10;1-3-5-6-4-2/h9-10H,2-8H2,1H3;3-6H,1-2H2/b;6-5-. The van der Waals surface area contributed by atoms with Gasteiger partial charge in [-0.05, 0) is 38.1 Å². The lowest BCUT2D eigenvalue weighted by molar-refractivity contribution is 0.0817. The molecule has 0 radical (unpaired) electrons. The third-order valence-electron chi connectivity index (χ3n) is 3.66. The van der Waals surface area contributed by atoms with Crippen molar-refractivity contribution in [1.82, 2.24) is 4.90 Å². The predicted octanol–water partition coefficient (Wildman–Crippen LogP) is 4.19. The lowest BCUT2D eigenvalue weighted by atomic mass is 9.88. The topological polar surface area (TPSA) is 3.24 Å². The van der Waals surface area contributed by atoms with E-state index < -0.39 is 0 Å². The van der Waals surface area contributed by atoms with Gasteiger partial charge in [0, 0.05) is 12.6 Å². The highest BCUT2D eigenvalue weighted by molar-refractivity contribution is 5.05. The maximum atomic E-state index is 3.46.